The lowest BCUT2D eigenvalue weighted by molar-refractivity contribution is -0.143. The minimum absolute atomic E-state index is 0.0653. The first-order valence-corrected chi connectivity index (χ1v) is 8.60. The molecule has 2 aromatic carbocycles. The van der Waals surface area contributed by atoms with Gasteiger partial charge in [-0.3, -0.25) is 0 Å². The van der Waals surface area contributed by atoms with E-state index in [4.69, 9.17) is 4.74 Å². The number of nitrogens with zero attached hydrogens (tertiary/aromatic N) is 1. The van der Waals surface area contributed by atoms with Crippen LogP contribution in [0.1, 0.15) is 22.3 Å². The standard InChI is InChI=1S/C20H21F6NO2/c1-27(2)12-18(28,15-6-4-3-5-7-15)13-29-11-14-8-16(19(21,22)23)10-17(9-14)20(24,25)26/h3-10,28H,11-13H2,1-2H3. The van der Waals surface area contributed by atoms with Crippen molar-refractivity contribution in [3.63, 3.8) is 0 Å². The van der Waals surface area contributed by atoms with Gasteiger partial charge in [-0.2, -0.15) is 26.3 Å². The van der Waals surface area contributed by atoms with Crippen molar-refractivity contribution in [3.8, 4) is 0 Å². The molecule has 0 amide bonds. The van der Waals surface area contributed by atoms with E-state index in [-0.39, 0.29) is 24.8 Å². The van der Waals surface area contributed by atoms with Gasteiger partial charge in [-0.1, -0.05) is 30.3 Å². The van der Waals surface area contributed by atoms with Crippen molar-refractivity contribution in [2.45, 2.75) is 24.6 Å². The van der Waals surface area contributed by atoms with Gasteiger partial charge in [-0.05, 0) is 43.4 Å². The molecule has 0 aliphatic rings. The van der Waals surface area contributed by atoms with Gasteiger partial charge in [0.15, 0.2) is 0 Å². The Kier molecular flexibility index (Phi) is 6.97. The van der Waals surface area contributed by atoms with E-state index in [9.17, 15) is 31.4 Å². The lowest BCUT2D eigenvalue weighted by atomic mass is 9.94. The van der Waals surface area contributed by atoms with Crippen molar-refractivity contribution in [2.75, 3.05) is 27.2 Å². The minimum atomic E-state index is -4.92. The molecule has 0 heterocycles. The lowest BCUT2D eigenvalue weighted by Crippen LogP contribution is -2.41. The molecule has 0 fully saturated rings. The number of ether oxygens (including phenoxy) is 1. The molecule has 0 saturated carbocycles. The molecule has 0 spiro atoms. The van der Waals surface area contributed by atoms with Crippen LogP contribution < -0.4 is 0 Å². The SMILES string of the molecule is CN(C)CC(O)(COCc1cc(C(F)(F)F)cc(C(F)(F)F)c1)c1ccccc1. The molecule has 3 nitrogen and oxygen atoms in total. The molecule has 0 aromatic heterocycles. The maximum absolute atomic E-state index is 13.0. The van der Waals surface area contributed by atoms with E-state index in [1.807, 2.05) is 0 Å². The summed E-state index contributed by atoms with van der Waals surface area (Å²) in [5, 5.41) is 11.0. The second-order valence-electron chi connectivity index (χ2n) is 7.04. The molecule has 0 aliphatic heterocycles. The molecule has 2 rings (SSSR count). The zero-order valence-electron chi connectivity index (χ0n) is 15.8. The quantitative estimate of drug-likeness (QED) is 0.659. The molecule has 1 N–H and O–H groups in total. The summed E-state index contributed by atoms with van der Waals surface area (Å²) in [7, 11) is 3.44. The van der Waals surface area contributed by atoms with Crippen LogP contribution in [0.4, 0.5) is 26.3 Å². The summed E-state index contributed by atoms with van der Waals surface area (Å²) in [5.74, 6) is 0. The Morgan fingerprint density at radius 2 is 1.34 bits per heavy atom. The number of alkyl halides is 6. The highest BCUT2D eigenvalue weighted by Gasteiger charge is 2.37. The van der Waals surface area contributed by atoms with Crippen LogP contribution in [-0.2, 0) is 29.3 Å². The van der Waals surface area contributed by atoms with Crippen LogP contribution in [0.15, 0.2) is 48.5 Å². The Bertz CT molecular complexity index is 773. The molecule has 0 saturated heterocycles. The van der Waals surface area contributed by atoms with Crippen LogP contribution in [0.3, 0.4) is 0 Å². The average Bonchev–Trinajstić information content (AvgIpc) is 2.60. The fourth-order valence-corrected chi connectivity index (χ4v) is 2.93. The molecule has 0 aliphatic carbocycles. The highest BCUT2D eigenvalue weighted by Crippen LogP contribution is 2.36. The van der Waals surface area contributed by atoms with Crippen molar-refractivity contribution in [1.29, 1.82) is 0 Å². The largest absolute Gasteiger partial charge is 0.416 e. The maximum atomic E-state index is 13.0. The van der Waals surface area contributed by atoms with Crippen LogP contribution in [0.5, 0.6) is 0 Å². The fourth-order valence-electron chi connectivity index (χ4n) is 2.93. The van der Waals surface area contributed by atoms with Crippen molar-refractivity contribution in [2.24, 2.45) is 0 Å². The molecule has 1 unspecified atom stereocenters. The minimum Gasteiger partial charge on any atom is -0.381 e. The Morgan fingerprint density at radius 3 is 1.79 bits per heavy atom. The topological polar surface area (TPSA) is 32.7 Å². The van der Waals surface area contributed by atoms with E-state index in [0.717, 1.165) is 0 Å². The number of hydrogen-bond donors (Lipinski definition) is 1. The summed E-state index contributed by atoms with van der Waals surface area (Å²) >= 11 is 0. The number of aliphatic hydroxyl groups is 1. The van der Waals surface area contributed by atoms with Gasteiger partial charge in [0.05, 0.1) is 24.3 Å². The first-order chi connectivity index (χ1) is 13.3. The van der Waals surface area contributed by atoms with Gasteiger partial charge in [-0.15, -0.1) is 0 Å². The third kappa shape index (κ3) is 6.45. The van der Waals surface area contributed by atoms with Crippen molar-refractivity contribution >= 4 is 0 Å². The Hall–Kier alpha value is -2.10. The molecule has 9 heteroatoms. The zero-order valence-corrected chi connectivity index (χ0v) is 15.8. The zero-order chi connectivity index (χ0) is 21.9. The first kappa shape index (κ1) is 23.2. The predicted molar refractivity (Wildman–Crippen MR) is 95.0 cm³/mol. The lowest BCUT2D eigenvalue weighted by Gasteiger charge is -2.31. The third-order valence-corrected chi connectivity index (χ3v) is 4.15. The van der Waals surface area contributed by atoms with Crippen LogP contribution in [-0.4, -0.2) is 37.3 Å². The number of likely N-dealkylation sites (N-methyl/N-ethyl adjacent to an activating group) is 1. The van der Waals surface area contributed by atoms with E-state index in [0.29, 0.717) is 17.7 Å². The summed E-state index contributed by atoms with van der Waals surface area (Å²) in [6.45, 7) is -0.685. The molecule has 0 bridgehead atoms. The Labute approximate surface area is 164 Å². The Morgan fingerprint density at radius 1 is 0.828 bits per heavy atom. The van der Waals surface area contributed by atoms with Gasteiger partial charge in [0, 0.05) is 6.54 Å². The van der Waals surface area contributed by atoms with Gasteiger partial charge in [0.25, 0.3) is 0 Å². The Balaban J connectivity index is 2.23. The summed E-state index contributed by atoms with van der Waals surface area (Å²) in [6.07, 6.45) is -9.85. The fraction of sp³-hybridized carbons (Fsp3) is 0.400. The number of halogens is 6. The van der Waals surface area contributed by atoms with E-state index in [1.54, 1.807) is 49.3 Å². The molecule has 2 aromatic rings. The van der Waals surface area contributed by atoms with E-state index in [1.165, 1.54) is 0 Å². The van der Waals surface area contributed by atoms with Gasteiger partial charge in [0.1, 0.15) is 5.60 Å². The summed E-state index contributed by atoms with van der Waals surface area (Å²) < 4.78 is 83.1. The molecule has 29 heavy (non-hydrogen) atoms. The van der Waals surface area contributed by atoms with Crippen molar-refractivity contribution in [3.05, 3.63) is 70.8 Å². The highest BCUT2D eigenvalue weighted by molar-refractivity contribution is 5.33. The smallest absolute Gasteiger partial charge is 0.381 e. The summed E-state index contributed by atoms with van der Waals surface area (Å²) in [5.41, 5.74) is -4.06. The van der Waals surface area contributed by atoms with Gasteiger partial charge >= 0.3 is 12.4 Å². The van der Waals surface area contributed by atoms with Crippen molar-refractivity contribution in [1.82, 2.24) is 4.90 Å². The van der Waals surface area contributed by atoms with Gasteiger partial charge in [0.2, 0.25) is 0 Å². The summed E-state index contributed by atoms with van der Waals surface area (Å²) in [6, 6.07) is 9.79. The van der Waals surface area contributed by atoms with Crippen LogP contribution in [0.25, 0.3) is 0 Å². The first-order valence-electron chi connectivity index (χ1n) is 8.60. The van der Waals surface area contributed by atoms with Gasteiger partial charge in [-0.25, -0.2) is 0 Å². The van der Waals surface area contributed by atoms with Crippen LogP contribution in [0, 0.1) is 0 Å². The van der Waals surface area contributed by atoms with E-state index in [2.05, 4.69) is 0 Å². The molecular weight excluding hydrogens is 400 g/mol. The summed E-state index contributed by atoms with van der Waals surface area (Å²) in [4.78, 5) is 1.70. The normalized spacial score (nSPS) is 14.8. The third-order valence-electron chi connectivity index (χ3n) is 4.15. The molecular formula is C20H21F6NO2. The monoisotopic (exact) mass is 421 g/mol. The van der Waals surface area contributed by atoms with E-state index < -0.39 is 35.7 Å². The molecule has 1 atom stereocenters. The van der Waals surface area contributed by atoms with Crippen LogP contribution in [0.2, 0.25) is 0 Å². The predicted octanol–water partition coefficient (Wildman–Crippen LogP) is 4.69. The van der Waals surface area contributed by atoms with Crippen molar-refractivity contribution < 1.29 is 36.2 Å². The average molecular weight is 421 g/mol. The van der Waals surface area contributed by atoms with Gasteiger partial charge < -0.3 is 14.7 Å². The molecule has 160 valence electrons. The van der Waals surface area contributed by atoms with E-state index >= 15 is 0 Å². The highest BCUT2D eigenvalue weighted by atomic mass is 19.4. The maximum Gasteiger partial charge on any atom is 0.416 e. The van der Waals surface area contributed by atoms with Crippen LogP contribution >= 0.6 is 0 Å². The molecule has 0 radical (unpaired) electrons. The number of rotatable bonds is 7. The second kappa shape index (κ2) is 8.73. The number of benzene rings is 2. The second-order valence-corrected chi connectivity index (χ2v) is 7.04. The number of hydrogen-bond acceptors (Lipinski definition) is 3.